The lowest BCUT2D eigenvalue weighted by molar-refractivity contribution is -0.150. The average Bonchev–Trinajstić information content (AvgIpc) is 2.35. The number of aliphatic hydroxyl groups is 1. The van der Waals surface area contributed by atoms with E-state index in [2.05, 4.69) is 9.47 Å². The van der Waals surface area contributed by atoms with E-state index in [4.69, 9.17) is 0 Å². The van der Waals surface area contributed by atoms with Crippen molar-refractivity contribution in [2.24, 2.45) is 0 Å². The van der Waals surface area contributed by atoms with E-state index in [0.29, 0.717) is 6.07 Å². The maximum Gasteiger partial charge on any atom is 0.339 e. The number of hydrogen-bond acceptors (Lipinski definition) is 4. The largest absolute Gasteiger partial charge is 0.493 e. The number of rotatable bonds is 4. The molecule has 100 valence electrons. The van der Waals surface area contributed by atoms with Crippen molar-refractivity contribution in [3.8, 4) is 5.75 Å². The Morgan fingerprint density at radius 2 is 1.94 bits per heavy atom. The van der Waals surface area contributed by atoms with Crippen LogP contribution in [0.4, 0.5) is 13.2 Å². The highest BCUT2D eigenvalue weighted by Gasteiger charge is 2.26. The summed E-state index contributed by atoms with van der Waals surface area (Å²) in [6.07, 6.45) is -4.83. The minimum absolute atomic E-state index is 0.403. The second-order valence-electron chi connectivity index (χ2n) is 3.35. The zero-order valence-electron chi connectivity index (χ0n) is 9.62. The van der Waals surface area contributed by atoms with Crippen molar-refractivity contribution in [2.75, 3.05) is 14.2 Å². The minimum Gasteiger partial charge on any atom is -0.493 e. The first-order valence-corrected chi connectivity index (χ1v) is 4.83. The van der Waals surface area contributed by atoms with Crippen LogP contribution < -0.4 is 4.74 Å². The van der Waals surface area contributed by atoms with Gasteiger partial charge in [0.05, 0.1) is 14.2 Å². The number of halogens is 3. The molecule has 0 amide bonds. The van der Waals surface area contributed by atoms with Gasteiger partial charge in [-0.25, -0.2) is 18.0 Å². The van der Waals surface area contributed by atoms with E-state index in [1.54, 1.807) is 0 Å². The van der Waals surface area contributed by atoms with Gasteiger partial charge < -0.3 is 14.6 Å². The Morgan fingerprint density at radius 3 is 2.39 bits per heavy atom. The number of carbonyl (C=O) groups excluding carboxylic acids is 1. The zero-order chi connectivity index (χ0) is 13.9. The molecule has 0 bridgehead atoms. The molecule has 0 radical (unpaired) electrons. The molecular formula is C11H11F3O4. The van der Waals surface area contributed by atoms with Crippen molar-refractivity contribution in [2.45, 2.75) is 12.5 Å². The second kappa shape index (κ2) is 5.72. The first-order valence-electron chi connectivity index (χ1n) is 4.83. The number of hydrogen-bond donors (Lipinski definition) is 1. The van der Waals surface area contributed by atoms with Crippen LogP contribution in [0.15, 0.2) is 12.1 Å². The fraction of sp³-hybridized carbons (Fsp3) is 0.364. The highest BCUT2D eigenvalue weighted by Crippen LogP contribution is 2.33. The summed E-state index contributed by atoms with van der Waals surface area (Å²) in [4.78, 5) is 11.1. The van der Waals surface area contributed by atoms with Gasteiger partial charge in [0.2, 0.25) is 0 Å². The Morgan fingerprint density at radius 1 is 1.33 bits per heavy atom. The first-order chi connectivity index (χ1) is 8.42. The molecule has 1 rings (SSSR count). The summed E-state index contributed by atoms with van der Waals surface area (Å²) in [5.74, 6) is -2.66. The third-order valence-corrected chi connectivity index (χ3v) is 2.27. The maximum absolute atomic E-state index is 13.5. The van der Waals surface area contributed by atoms with Gasteiger partial charge in [-0.1, -0.05) is 0 Å². The molecule has 0 spiro atoms. The van der Waals surface area contributed by atoms with Crippen LogP contribution in [-0.4, -0.2) is 25.3 Å². The van der Waals surface area contributed by atoms with Gasteiger partial charge in [0, 0.05) is 11.1 Å². The van der Waals surface area contributed by atoms with Crippen molar-refractivity contribution in [3.63, 3.8) is 0 Å². The molecule has 0 aliphatic rings. The van der Waals surface area contributed by atoms with Crippen molar-refractivity contribution in [3.05, 3.63) is 29.1 Å². The van der Waals surface area contributed by atoms with E-state index in [0.717, 1.165) is 20.3 Å². The molecule has 0 saturated heterocycles. The Kier molecular flexibility index (Phi) is 4.55. The predicted octanol–water partition coefficient (Wildman–Crippen LogP) is 1.98. The molecule has 0 aromatic heterocycles. The third kappa shape index (κ3) is 2.73. The van der Waals surface area contributed by atoms with Crippen LogP contribution in [0.5, 0.6) is 5.75 Å². The Hall–Kier alpha value is -1.76. The number of esters is 1. The molecular weight excluding hydrogens is 253 g/mol. The number of ether oxygens (including phenoxy) is 2. The van der Waals surface area contributed by atoms with Crippen molar-refractivity contribution in [1.29, 1.82) is 0 Å². The van der Waals surface area contributed by atoms with E-state index >= 15 is 0 Å². The normalized spacial score (nSPS) is 12.4. The molecule has 18 heavy (non-hydrogen) atoms. The number of benzene rings is 1. The summed E-state index contributed by atoms with van der Waals surface area (Å²) in [6, 6.07) is 1.38. The van der Waals surface area contributed by atoms with Crippen LogP contribution >= 0.6 is 0 Å². The minimum atomic E-state index is -2.94. The van der Waals surface area contributed by atoms with E-state index < -0.39 is 41.2 Å². The summed E-state index contributed by atoms with van der Waals surface area (Å²) in [5, 5.41) is 9.57. The van der Waals surface area contributed by atoms with Crippen LogP contribution in [0.3, 0.4) is 0 Å². The molecule has 1 aromatic rings. The molecule has 1 aromatic carbocycles. The standard InChI is InChI=1S/C11H11F3O4/c1-17-9-6(8(15)11(16)18-2)3-5(10(13)14)4-7(9)12/h3-4,8,10,15H,1-2H3. The quantitative estimate of drug-likeness (QED) is 0.845. The molecule has 0 aliphatic heterocycles. The lowest BCUT2D eigenvalue weighted by atomic mass is 10.0. The van der Waals surface area contributed by atoms with Gasteiger partial charge in [-0.05, 0) is 12.1 Å². The molecule has 7 heteroatoms. The lowest BCUT2D eigenvalue weighted by Gasteiger charge is -2.15. The average molecular weight is 264 g/mol. The molecule has 1 atom stereocenters. The smallest absolute Gasteiger partial charge is 0.339 e. The van der Waals surface area contributed by atoms with Crippen molar-refractivity contribution >= 4 is 5.97 Å². The van der Waals surface area contributed by atoms with Crippen LogP contribution in [0.2, 0.25) is 0 Å². The van der Waals surface area contributed by atoms with Crippen LogP contribution in [0.25, 0.3) is 0 Å². The fourth-order valence-corrected chi connectivity index (χ4v) is 1.42. The third-order valence-electron chi connectivity index (χ3n) is 2.27. The predicted molar refractivity (Wildman–Crippen MR) is 54.9 cm³/mol. The molecule has 0 fully saturated rings. The van der Waals surface area contributed by atoms with Crippen LogP contribution in [0, 0.1) is 5.82 Å². The van der Waals surface area contributed by atoms with Gasteiger partial charge in [-0.2, -0.15) is 0 Å². The second-order valence-corrected chi connectivity index (χ2v) is 3.35. The van der Waals surface area contributed by atoms with Gasteiger partial charge in [0.25, 0.3) is 6.43 Å². The van der Waals surface area contributed by atoms with Gasteiger partial charge in [-0.3, -0.25) is 0 Å². The lowest BCUT2D eigenvalue weighted by Crippen LogP contribution is -2.15. The SMILES string of the molecule is COC(=O)C(O)c1cc(C(F)F)cc(F)c1OC. The summed E-state index contributed by atoms with van der Waals surface area (Å²) in [5.41, 5.74) is -1.06. The van der Waals surface area contributed by atoms with Gasteiger partial charge in [0.1, 0.15) is 0 Å². The zero-order valence-corrected chi connectivity index (χ0v) is 9.62. The highest BCUT2D eigenvalue weighted by atomic mass is 19.3. The maximum atomic E-state index is 13.5. The van der Waals surface area contributed by atoms with Gasteiger partial charge in [0.15, 0.2) is 17.7 Å². The number of methoxy groups -OCH3 is 2. The van der Waals surface area contributed by atoms with Crippen molar-refractivity contribution in [1.82, 2.24) is 0 Å². The molecule has 1 N–H and O–H groups in total. The summed E-state index contributed by atoms with van der Waals surface area (Å²) < 4.78 is 47.4. The Balaban J connectivity index is 3.34. The summed E-state index contributed by atoms with van der Waals surface area (Å²) >= 11 is 0. The first kappa shape index (κ1) is 14.3. The monoisotopic (exact) mass is 264 g/mol. The Labute approximate surface area is 101 Å². The van der Waals surface area contributed by atoms with Crippen molar-refractivity contribution < 1.29 is 32.5 Å². The number of alkyl halides is 2. The summed E-state index contributed by atoms with van der Waals surface area (Å²) in [6.45, 7) is 0. The number of aliphatic hydroxyl groups excluding tert-OH is 1. The molecule has 0 aliphatic carbocycles. The van der Waals surface area contributed by atoms with E-state index in [1.165, 1.54) is 0 Å². The molecule has 1 unspecified atom stereocenters. The Bertz CT molecular complexity index is 448. The van der Waals surface area contributed by atoms with E-state index in [-0.39, 0.29) is 0 Å². The number of carbonyl (C=O) groups is 1. The molecule has 0 heterocycles. The summed E-state index contributed by atoms with van der Waals surface area (Å²) in [7, 11) is 2.10. The molecule has 4 nitrogen and oxygen atoms in total. The highest BCUT2D eigenvalue weighted by molar-refractivity contribution is 5.77. The van der Waals surface area contributed by atoms with Gasteiger partial charge in [-0.15, -0.1) is 0 Å². The fourth-order valence-electron chi connectivity index (χ4n) is 1.42. The van der Waals surface area contributed by atoms with E-state index in [9.17, 15) is 23.1 Å². The van der Waals surface area contributed by atoms with Crippen LogP contribution in [-0.2, 0) is 9.53 Å². The van der Waals surface area contributed by atoms with E-state index in [1.807, 2.05) is 0 Å². The molecule has 0 saturated carbocycles. The topological polar surface area (TPSA) is 55.8 Å². The van der Waals surface area contributed by atoms with Gasteiger partial charge >= 0.3 is 5.97 Å². The van der Waals surface area contributed by atoms with Crippen LogP contribution in [0.1, 0.15) is 23.7 Å².